The number of methoxy groups -OCH3 is 1. The molecular weight excluding hydrogens is 423 g/mol. The molecule has 0 bridgehead atoms. The zero-order chi connectivity index (χ0) is 21.1. The van der Waals surface area contributed by atoms with Crippen LogP contribution in [0.15, 0.2) is 60.7 Å². The molecule has 4 rings (SSSR count). The molecule has 1 aliphatic rings. The largest absolute Gasteiger partial charge is 0.493 e. The molecule has 0 saturated carbocycles. The molecule has 0 fully saturated rings. The molecule has 1 unspecified atom stereocenters. The minimum Gasteiger partial charge on any atom is -0.493 e. The molecule has 0 aliphatic carbocycles. The quantitative estimate of drug-likeness (QED) is 0.590. The van der Waals surface area contributed by atoms with E-state index in [4.69, 9.17) is 19.9 Å². The van der Waals surface area contributed by atoms with Crippen LogP contribution in [0.25, 0.3) is 0 Å². The number of rotatable bonds is 6. The Hall–Kier alpha value is -3.29. The minimum absolute atomic E-state index is 0. The van der Waals surface area contributed by atoms with E-state index in [1.165, 1.54) is 19.2 Å². The van der Waals surface area contributed by atoms with Gasteiger partial charge in [-0.2, -0.15) is 0 Å². The second-order valence-electron chi connectivity index (χ2n) is 6.84. The number of amides is 1. The maximum absolute atomic E-state index is 13.8. The fraction of sp³-hybridized carbons (Fsp3) is 0.174. The van der Waals surface area contributed by atoms with Crippen LogP contribution in [-0.4, -0.2) is 19.6 Å². The van der Waals surface area contributed by atoms with Crippen LogP contribution in [0.2, 0.25) is 0 Å². The zero-order valence-corrected chi connectivity index (χ0v) is 17.6. The van der Waals surface area contributed by atoms with Crippen LogP contribution in [-0.2, 0) is 6.54 Å². The summed E-state index contributed by atoms with van der Waals surface area (Å²) in [5.74, 6) is 1.00. The molecule has 0 radical (unpaired) electrons. The van der Waals surface area contributed by atoms with Crippen molar-refractivity contribution in [1.29, 1.82) is 0 Å². The third-order valence-electron chi connectivity index (χ3n) is 4.83. The Morgan fingerprint density at radius 3 is 2.74 bits per heavy atom. The summed E-state index contributed by atoms with van der Waals surface area (Å²) < 4.78 is 30.6. The first kappa shape index (κ1) is 22.4. The Balaban J connectivity index is 0.00000272. The second kappa shape index (κ2) is 9.68. The third kappa shape index (κ3) is 4.90. The molecule has 1 heterocycles. The number of halogens is 2. The Kier molecular flexibility index (Phi) is 6.99. The van der Waals surface area contributed by atoms with Crippen molar-refractivity contribution >= 4 is 18.3 Å². The highest BCUT2D eigenvalue weighted by Crippen LogP contribution is 2.34. The van der Waals surface area contributed by atoms with E-state index in [1.807, 2.05) is 24.3 Å². The summed E-state index contributed by atoms with van der Waals surface area (Å²) in [4.78, 5) is 12.8. The topological polar surface area (TPSA) is 82.8 Å². The summed E-state index contributed by atoms with van der Waals surface area (Å²) in [7, 11) is 1.49. The van der Waals surface area contributed by atoms with E-state index < -0.39 is 5.82 Å². The van der Waals surface area contributed by atoms with Crippen LogP contribution in [0.1, 0.15) is 27.5 Å². The predicted molar refractivity (Wildman–Crippen MR) is 117 cm³/mol. The van der Waals surface area contributed by atoms with E-state index in [1.54, 1.807) is 24.3 Å². The van der Waals surface area contributed by atoms with Crippen molar-refractivity contribution in [3.05, 3.63) is 83.2 Å². The summed E-state index contributed by atoms with van der Waals surface area (Å²) in [6.45, 7) is 0.550. The maximum atomic E-state index is 13.8. The molecule has 3 aromatic carbocycles. The first-order valence-electron chi connectivity index (χ1n) is 9.45. The summed E-state index contributed by atoms with van der Waals surface area (Å²) in [5, 5.41) is 2.97. The van der Waals surface area contributed by atoms with Gasteiger partial charge in [0.15, 0.2) is 11.5 Å². The molecule has 1 amide bonds. The van der Waals surface area contributed by atoms with Gasteiger partial charge in [0.05, 0.1) is 13.2 Å². The van der Waals surface area contributed by atoms with E-state index in [2.05, 4.69) is 5.32 Å². The van der Waals surface area contributed by atoms with Crippen LogP contribution in [0.4, 0.5) is 4.39 Å². The highest BCUT2D eigenvalue weighted by molar-refractivity contribution is 5.95. The van der Waals surface area contributed by atoms with Crippen LogP contribution < -0.4 is 25.3 Å². The fourth-order valence-electron chi connectivity index (χ4n) is 3.35. The smallest absolute Gasteiger partial charge is 0.252 e. The van der Waals surface area contributed by atoms with E-state index in [0.717, 1.165) is 11.3 Å². The number of para-hydroxylation sites is 1. The lowest BCUT2D eigenvalue weighted by Gasteiger charge is -2.15. The van der Waals surface area contributed by atoms with Gasteiger partial charge in [-0.25, -0.2) is 4.39 Å². The van der Waals surface area contributed by atoms with Crippen molar-refractivity contribution in [3.63, 3.8) is 0 Å². The lowest BCUT2D eigenvalue weighted by Crippen LogP contribution is -2.29. The van der Waals surface area contributed by atoms with Gasteiger partial charge in [0, 0.05) is 23.7 Å². The van der Waals surface area contributed by atoms with Crippen LogP contribution in [0.3, 0.4) is 0 Å². The Labute approximate surface area is 185 Å². The summed E-state index contributed by atoms with van der Waals surface area (Å²) >= 11 is 0. The molecule has 0 saturated heterocycles. The van der Waals surface area contributed by atoms with Crippen molar-refractivity contribution in [2.45, 2.75) is 12.6 Å². The second-order valence-corrected chi connectivity index (χ2v) is 6.84. The standard InChI is InChI=1S/C23H21FN2O4.ClH/c1-28-21-7-6-15(10-22(21)30-17-9-14(12-25)8-16(24)11-17)23(27)26-19-13-29-20-5-3-2-4-18(19)20;/h2-11,19H,12-13,25H2,1H3,(H,26,27);1H. The molecule has 6 nitrogen and oxygen atoms in total. The van der Waals surface area contributed by atoms with Crippen molar-refractivity contribution in [3.8, 4) is 23.0 Å². The number of hydrogen-bond acceptors (Lipinski definition) is 5. The zero-order valence-electron chi connectivity index (χ0n) is 16.8. The van der Waals surface area contributed by atoms with Gasteiger partial charge >= 0.3 is 0 Å². The number of nitrogens with two attached hydrogens (primary N) is 1. The number of benzene rings is 3. The van der Waals surface area contributed by atoms with Gasteiger partial charge in [0.2, 0.25) is 0 Å². The fourth-order valence-corrected chi connectivity index (χ4v) is 3.35. The van der Waals surface area contributed by atoms with Crippen molar-refractivity contribution in [1.82, 2.24) is 5.32 Å². The summed E-state index contributed by atoms with van der Waals surface area (Å²) in [6.07, 6.45) is 0. The predicted octanol–water partition coefficient (Wildman–Crippen LogP) is 4.37. The van der Waals surface area contributed by atoms with Gasteiger partial charge in [0.1, 0.15) is 23.9 Å². The lowest BCUT2D eigenvalue weighted by atomic mass is 10.1. The van der Waals surface area contributed by atoms with Crippen molar-refractivity contribution in [2.75, 3.05) is 13.7 Å². The SMILES string of the molecule is COc1ccc(C(=O)NC2COc3ccccc32)cc1Oc1cc(F)cc(CN)c1.Cl. The van der Waals surface area contributed by atoms with Crippen LogP contribution in [0.5, 0.6) is 23.0 Å². The number of nitrogens with one attached hydrogen (secondary N) is 1. The van der Waals surface area contributed by atoms with Gasteiger partial charge in [-0.3, -0.25) is 4.79 Å². The van der Waals surface area contributed by atoms with Crippen LogP contribution >= 0.6 is 12.4 Å². The molecule has 0 spiro atoms. The normalized spacial score (nSPS) is 14.1. The number of carbonyl (C=O) groups is 1. The van der Waals surface area contributed by atoms with E-state index >= 15 is 0 Å². The molecule has 1 aliphatic heterocycles. The molecule has 8 heteroatoms. The molecule has 3 N–H and O–H groups in total. The summed E-state index contributed by atoms with van der Waals surface area (Å²) in [6, 6.07) is 16.4. The first-order valence-corrected chi connectivity index (χ1v) is 9.45. The van der Waals surface area contributed by atoms with Crippen molar-refractivity contribution in [2.24, 2.45) is 5.73 Å². The minimum atomic E-state index is -0.458. The van der Waals surface area contributed by atoms with Gasteiger partial charge in [-0.15, -0.1) is 12.4 Å². The van der Waals surface area contributed by atoms with Gasteiger partial charge in [0.25, 0.3) is 5.91 Å². The molecule has 3 aromatic rings. The number of fused-ring (bicyclic) bond motifs is 1. The molecule has 1 atom stereocenters. The average molecular weight is 445 g/mol. The van der Waals surface area contributed by atoms with E-state index in [9.17, 15) is 9.18 Å². The van der Waals surface area contributed by atoms with Crippen molar-refractivity contribution < 1.29 is 23.4 Å². The van der Waals surface area contributed by atoms with Gasteiger partial charge < -0.3 is 25.3 Å². The van der Waals surface area contributed by atoms with Crippen LogP contribution in [0, 0.1) is 5.82 Å². The van der Waals surface area contributed by atoms with Gasteiger partial charge in [-0.05, 0) is 42.0 Å². The molecular formula is C23H22ClFN2O4. The molecule has 31 heavy (non-hydrogen) atoms. The highest BCUT2D eigenvalue weighted by Gasteiger charge is 2.25. The Bertz CT molecular complexity index is 1090. The number of carbonyl (C=O) groups excluding carboxylic acids is 1. The highest BCUT2D eigenvalue weighted by atomic mass is 35.5. The number of hydrogen-bond donors (Lipinski definition) is 2. The maximum Gasteiger partial charge on any atom is 0.252 e. The monoisotopic (exact) mass is 444 g/mol. The average Bonchev–Trinajstić information content (AvgIpc) is 3.16. The third-order valence-corrected chi connectivity index (χ3v) is 4.83. The number of ether oxygens (including phenoxy) is 3. The van der Waals surface area contributed by atoms with E-state index in [0.29, 0.717) is 29.2 Å². The van der Waals surface area contributed by atoms with Gasteiger partial charge in [-0.1, -0.05) is 18.2 Å². The van der Waals surface area contributed by atoms with E-state index in [-0.39, 0.29) is 36.7 Å². The first-order chi connectivity index (χ1) is 14.6. The Morgan fingerprint density at radius 1 is 1.16 bits per heavy atom. The lowest BCUT2D eigenvalue weighted by molar-refractivity contribution is 0.0930. The molecule has 0 aromatic heterocycles. The Morgan fingerprint density at radius 2 is 1.97 bits per heavy atom. The molecule has 162 valence electrons. The summed E-state index contributed by atoms with van der Waals surface area (Å²) in [5.41, 5.74) is 7.51.